The van der Waals surface area contributed by atoms with Gasteiger partial charge in [0.05, 0.1) is 6.54 Å². The molecule has 0 radical (unpaired) electrons. The fourth-order valence-electron chi connectivity index (χ4n) is 1.58. The number of aliphatic hydroxyl groups excluding tert-OH is 1. The Balaban J connectivity index is 2.33. The molecule has 4 nitrogen and oxygen atoms in total. The maximum Gasteiger partial charge on any atom is 0.236 e. The van der Waals surface area contributed by atoms with Crippen LogP contribution >= 0.6 is 0 Å². The predicted octanol–water partition coefficient (Wildman–Crippen LogP) is -0.611. The first-order valence-corrected chi connectivity index (χ1v) is 4.67. The van der Waals surface area contributed by atoms with Crippen molar-refractivity contribution < 1.29 is 9.90 Å². The molecule has 0 saturated carbocycles. The molecule has 76 valence electrons. The molecule has 0 bridgehead atoms. The average molecular weight is 186 g/mol. The Hall–Kier alpha value is -0.610. The van der Waals surface area contributed by atoms with E-state index in [1.807, 2.05) is 23.9 Å². The lowest BCUT2D eigenvalue weighted by atomic mass is 10.1. The minimum atomic E-state index is 0.168. The summed E-state index contributed by atoms with van der Waals surface area (Å²) in [6, 6.07) is 0. The maximum absolute atomic E-state index is 11.5. The molecule has 0 aromatic carbocycles. The molecule has 1 atom stereocenters. The van der Waals surface area contributed by atoms with Crippen LogP contribution < -0.4 is 0 Å². The molecule has 13 heavy (non-hydrogen) atoms. The van der Waals surface area contributed by atoms with Gasteiger partial charge in [0.2, 0.25) is 5.91 Å². The number of aliphatic hydroxyl groups is 1. The summed E-state index contributed by atoms with van der Waals surface area (Å²) in [5, 5.41) is 8.90. The monoisotopic (exact) mass is 186 g/mol. The van der Waals surface area contributed by atoms with E-state index in [2.05, 4.69) is 0 Å². The van der Waals surface area contributed by atoms with Crippen LogP contribution in [0.3, 0.4) is 0 Å². The molecule has 1 fully saturated rings. The van der Waals surface area contributed by atoms with Gasteiger partial charge in [0, 0.05) is 25.6 Å². The fraction of sp³-hybridized carbons (Fsp3) is 0.889. The zero-order chi connectivity index (χ0) is 9.84. The largest absolute Gasteiger partial charge is 0.396 e. The normalized spacial score (nSPS) is 22.8. The van der Waals surface area contributed by atoms with E-state index in [1.165, 1.54) is 0 Å². The molecular formula is C9H18N2O2. The van der Waals surface area contributed by atoms with Crippen LogP contribution in [0.4, 0.5) is 0 Å². The van der Waals surface area contributed by atoms with Crippen LogP contribution in [0, 0.1) is 5.92 Å². The lowest BCUT2D eigenvalue weighted by molar-refractivity contribution is -0.130. The summed E-state index contributed by atoms with van der Waals surface area (Å²) >= 11 is 0. The fourth-order valence-corrected chi connectivity index (χ4v) is 1.58. The van der Waals surface area contributed by atoms with Gasteiger partial charge in [-0.3, -0.25) is 4.79 Å². The van der Waals surface area contributed by atoms with Gasteiger partial charge in [-0.2, -0.15) is 0 Å². The summed E-state index contributed by atoms with van der Waals surface area (Å²) in [6.07, 6.45) is 0.940. The van der Waals surface area contributed by atoms with Crippen molar-refractivity contribution >= 4 is 5.91 Å². The Bertz CT molecular complexity index is 182. The topological polar surface area (TPSA) is 43.8 Å². The van der Waals surface area contributed by atoms with E-state index in [1.54, 1.807) is 0 Å². The van der Waals surface area contributed by atoms with Crippen molar-refractivity contribution in [3.05, 3.63) is 0 Å². The first-order valence-electron chi connectivity index (χ1n) is 4.67. The zero-order valence-corrected chi connectivity index (χ0v) is 8.36. The Kier molecular flexibility index (Phi) is 3.69. The number of carbonyl (C=O) groups excluding carboxylic acids is 1. The Morgan fingerprint density at radius 1 is 1.62 bits per heavy atom. The van der Waals surface area contributed by atoms with E-state index >= 15 is 0 Å². The van der Waals surface area contributed by atoms with Crippen molar-refractivity contribution in [3.63, 3.8) is 0 Å². The van der Waals surface area contributed by atoms with Gasteiger partial charge in [0.1, 0.15) is 0 Å². The average Bonchev–Trinajstić information content (AvgIpc) is 2.50. The smallest absolute Gasteiger partial charge is 0.236 e. The number of likely N-dealkylation sites (N-methyl/N-ethyl adjacent to an activating group) is 1. The van der Waals surface area contributed by atoms with Crippen molar-refractivity contribution in [1.82, 2.24) is 9.80 Å². The van der Waals surface area contributed by atoms with Crippen molar-refractivity contribution in [2.24, 2.45) is 5.92 Å². The standard InChI is InChI=1S/C9H18N2O2/c1-10(2)6-9(13)11-4-3-8(5-11)7-12/h8,12H,3-7H2,1-2H3. The molecule has 4 heteroatoms. The number of rotatable bonds is 3. The predicted molar refractivity (Wildman–Crippen MR) is 50.3 cm³/mol. The summed E-state index contributed by atoms with van der Waals surface area (Å²) < 4.78 is 0. The molecule has 0 aromatic heterocycles. The van der Waals surface area contributed by atoms with Gasteiger partial charge in [-0.15, -0.1) is 0 Å². The highest BCUT2D eigenvalue weighted by atomic mass is 16.3. The SMILES string of the molecule is CN(C)CC(=O)N1CCC(CO)C1. The third kappa shape index (κ3) is 2.97. The highest BCUT2D eigenvalue weighted by Gasteiger charge is 2.25. The van der Waals surface area contributed by atoms with Crippen LogP contribution in [0.2, 0.25) is 0 Å². The summed E-state index contributed by atoms with van der Waals surface area (Å²) in [5.74, 6) is 0.465. The summed E-state index contributed by atoms with van der Waals surface area (Å²) in [5.41, 5.74) is 0. The lowest BCUT2D eigenvalue weighted by Crippen LogP contribution is -2.36. The number of nitrogens with zero attached hydrogens (tertiary/aromatic N) is 2. The third-order valence-corrected chi connectivity index (χ3v) is 2.35. The molecule has 1 amide bonds. The van der Waals surface area contributed by atoms with Crippen LogP contribution in [0.5, 0.6) is 0 Å². The minimum absolute atomic E-state index is 0.168. The van der Waals surface area contributed by atoms with Gasteiger partial charge >= 0.3 is 0 Å². The summed E-state index contributed by atoms with van der Waals surface area (Å²) in [7, 11) is 3.77. The number of hydrogen-bond donors (Lipinski definition) is 1. The van der Waals surface area contributed by atoms with E-state index in [-0.39, 0.29) is 12.5 Å². The molecule has 0 aromatic rings. The molecule has 0 spiro atoms. The zero-order valence-electron chi connectivity index (χ0n) is 8.36. The van der Waals surface area contributed by atoms with Gasteiger partial charge in [0.25, 0.3) is 0 Å². The lowest BCUT2D eigenvalue weighted by Gasteiger charge is -2.18. The highest BCUT2D eigenvalue weighted by molar-refractivity contribution is 5.78. The van der Waals surface area contributed by atoms with Gasteiger partial charge in [-0.1, -0.05) is 0 Å². The minimum Gasteiger partial charge on any atom is -0.396 e. The Labute approximate surface area is 79.1 Å². The number of likely N-dealkylation sites (tertiary alicyclic amines) is 1. The molecule has 1 heterocycles. The molecule has 1 N–H and O–H groups in total. The highest BCUT2D eigenvalue weighted by Crippen LogP contribution is 2.15. The van der Waals surface area contributed by atoms with Crippen LogP contribution in [-0.2, 0) is 4.79 Å². The van der Waals surface area contributed by atoms with Gasteiger partial charge in [-0.25, -0.2) is 0 Å². The molecule has 1 aliphatic rings. The third-order valence-electron chi connectivity index (χ3n) is 2.35. The van der Waals surface area contributed by atoms with Crippen LogP contribution in [0.1, 0.15) is 6.42 Å². The van der Waals surface area contributed by atoms with Gasteiger partial charge < -0.3 is 14.9 Å². The van der Waals surface area contributed by atoms with Crippen LogP contribution in [-0.4, -0.2) is 61.2 Å². The second-order valence-electron chi connectivity index (χ2n) is 3.91. The van der Waals surface area contributed by atoms with Crippen LogP contribution in [0.15, 0.2) is 0 Å². The van der Waals surface area contributed by atoms with E-state index < -0.39 is 0 Å². The molecule has 0 aliphatic carbocycles. The Morgan fingerprint density at radius 2 is 2.31 bits per heavy atom. The van der Waals surface area contributed by atoms with Crippen molar-refractivity contribution in [1.29, 1.82) is 0 Å². The molecular weight excluding hydrogens is 168 g/mol. The number of amides is 1. The summed E-state index contributed by atoms with van der Waals surface area (Å²) in [6.45, 7) is 2.20. The van der Waals surface area contributed by atoms with Crippen molar-refractivity contribution in [2.75, 3.05) is 40.3 Å². The van der Waals surface area contributed by atoms with E-state index in [0.717, 1.165) is 19.5 Å². The van der Waals surface area contributed by atoms with E-state index in [9.17, 15) is 4.79 Å². The molecule has 1 unspecified atom stereocenters. The quantitative estimate of drug-likeness (QED) is 0.639. The van der Waals surface area contributed by atoms with E-state index in [4.69, 9.17) is 5.11 Å². The molecule has 1 aliphatic heterocycles. The maximum atomic E-state index is 11.5. The first-order chi connectivity index (χ1) is 6.13. The van der Waals surface area contributed by atoms with Crippen molar-refractivity contribution in [3.8, 4) is 0 Å². The van der Waals surface area contributed by atoms with Crippen LogP contribution in [0.25, 0.3) is 0 Å². The number of hydrogen-bond acceptors (Lipinski definition) is 3. The van der Waals surface area contributed by atoms with E-state index in [0.29, 0.717) is 12.5 Å². The van der Waals surface area contributed by atoms with Gasteiger partial charge in [-0.05, 0) is 20.5 Å². The second-order valence-corrected chi connectivity index (χ2v) is 3.91. The molecule has 1 rings (SSSR count). The molecule has 1 saturated heterocycles. The summed E-state index contributed by atoms with van der Waals surface area (Å²) in [4.78, 5) is 15.2. The Morgan fingerprint density at radius 3 is 2.77 bits per heavy atom. The van der Waals surface area contributed by atoms with Gasteiger partial charge in [0.15, 0.2) is 0 Å². The second kappa shape index (κ2) is 4.58. The first kappa shape index (κ1) is 10.5. The van der Waals surface area contributed by atoms with Crippen molar-refractivity contribution in [2.45, 2.75) is 6.42 Å². The number of carbonyl (C=O) groups is 1.